The van der Waals surface area contributed by atoms with E-state index >= 15 is 0 Å². The minimum atomic E-state index is 0.0824. The van der Waals surface area contributed by atoms with Crippen LogP contribution in [0.3, 0.4) is 0 Å². The fourth-order valence-corrected chi connectivity index (χ4v) is 2.19. The quantitative estimate of drug-likeness (QED) is 0.801. The fraction of sp³-hybridized carbons (Fsp3) is 0.462. The van der Waals surface area contributed by atoms with Gasteiger partial charge in [0.2, 0.25) is 5.91 Å². The SMILES string of the molecule is CSc1ccc(C(C)NC(=O)C2CNC2)cc1. The van der Waals surface area contributed by atoms with Crippen LogP contribution < -0.4 is 10.6 Å². The van der Waals surface area contributed by atoms with Gasteiger partial charge in [-0.15, -0.1) is 11.8 Å². The van der Waals surface area contributed by atoms with Crippen LogP contribution in [0.15, 0.2) is 29.2 Å². The Hall–Kier alpha value is -1.00. The zero-order chi connectivity index (χ0) is 12.3. The van der Waals surface area contributed by atoms with Crippen molar-refractivity contribution in [1.82, 2.24) is 10.6 Å². The molecule has 0 aliphatic carbocycles. The Morgan fingerprint density at radius 1 is 1.41 bits per heavy atom. The summed E-state index contributed by atoms with van der Waals surface area (Å²) in [5.74, 6) is 0.313. The van der Waals surface area contributed by atoms with E-state index < -0.39 is 0 Å². The maximum Gasteiger partial charge on any atom is 0.226 e. The van der Waals surface area contributed by atoms with Gasteiger partial charge in [0.05, 0.1) is 12.0 Å². The van der Waals surface area contributed by atoms with Crippen LogP contribution in [0.25, 0.3) is 0 Å². The number of amides is 1. The lowest BCUT2D eigenvalue weighted by Crippen LogP contribution is -2.51. The van der Waals surface area contributed by atoms with Gasteiger partial charge in [0, 0.05) is 18.0 Å². The number of hydrogen-bond acceptors (Lipinski definition) is 3. The number of thioether (sulfide) groups is 1. The summed E-state index contributed by atoms with van der Waals surface area (Å²) in [4.78, 5) is 13.0. The van der Waals surface area contributed by atoms with E-state index in [-0.39, 0.29) is 17.9 Å². The van der Waals surface area contributed by atoms with Crippen LogP contribution in [0.4, 0.5) is 0 Å². The molecule has 1 aromatic rings. The number of carbonyl (C=O) groups is 1. The largest absolute Gasteiger partial charge is 0.349 e. The predicted octanol–water partition coefficient (Wildman–Crippen LogP) is 1.81. The van der Waals surface area contributed by atoms with Gasteiger partial charge in [-0.3, -0.25) is 4.79 Å². The van der Waals surface area contributed by atoms with Gasteiger partial charge >= 0.3 is 0 Å². The van der Waals surface area contributed by atoms with Gasteiger partial charge in [-0.05, 0) is 30.9 Å². The third-order valence-electron chi connectivity index (χ3n) is 3.13. The highest BCUT2D eigenvalue weighted by molar-refractivity contribution is 7.98. The molecule has 1 atom stereocenters. The molecule has 1 aliphatic rings. The third kappa shape index (κ3) is 3.01. The van der Waals surface area contributed by atoms with Crippen molar-refractivity contribution in [3.63, 3.8) is 0 Å². The van der Waals surface area contributed by atoms with Gasteiger partial charge in [-0.25, -0.2) is 0 Å². The lowest BCUT2D eigenvalue weighted by Gasteiger charge is -2.27. The standard InChI is InChI=1S/C13H18N2OS/c1-9(15-13(16)11-7-14-8-11)10-3-5-12(17-2)6-4-10/h3-6,9,11,14H,7-8H2,1-2H3,(H,15,16). The molecule has 0 bridgehead atoms. The van der Waals surface area contributed by atoms with Crippen LogP contribution in [0.5, 0.6) is 0 Å². The van der Waals surface area contributed by atoms with Gasteiger partial charge in [-0.1, -0.05) is 12.1 Å². The summed E-state index contributed by atoms with van der Waals surface area (Å²) in [5.41, 5.74) is 1.16. The molecule has 0 saturated carbocycles. The molecule has 4 heteroatoms. The minimum Gasteiger partial charge on any atom is -0.349 e. The number of rotatable bonds is 4. The Labute approximate surface area is 106 Å². The topological polar surface area (TPSA) is 41.1 Å². The summed E-state index contributed by atoms with van der Waals surface area (Å²) in [7, 11) is 0. The van der Waals surface area contributed by atoms with Crippen molar-refractivity contribution in [3.8, 4) is 0 Å². The molecule has 2 rings (SSSR count). The highest BCUT2D eigenvalue weighted by atomic mass is 32.2. The first-order valence-electron chi connectivity index (χ1n) is 5.85. The molecule has 1 fully saturated rings. The first kappa shape index (κ1) is 12.5. The van der Waals surface area contributed by atoms with E-state index in [0.29, 0.717) is 0 Å². The average Bonchev–Trinajstić information content (AvgIpc) is 2.26. The molecule has 92 valence electrons. The first-order chi connectivity index (χ1) is 8.20. The summed E-state index contributed by atoms with van der Waals surface area (Å²) < 4.78 is 0. The van der Waals surface area contributed by atoms with Crippen molar-refractivity contribution in [2.45, 2.75) is 17.9 Å². The van der Waals surface area contributed by atoms with Crippen LogP contribution >= 0.6 is 11.8 Å². The van der Waals surface area contributed by atoms with Crippen molar-refractivity contribution in [1.29, 1.82) is 0 Å². The molecule has 1 saturated heterocycles. The van der Waals surface area contributed by atoms with Gasteiger partial charge in [0.25, 0.3) is 0 Å². The summed E-state index contributed by atoms with van der Waals surface area (Å²) in [6.07, 6.45) is 2.06. The molecule has 3 nitrogen and oxygen atoms in total. The van der Waals surface area contributed by atoms with E-state index in [2.05, 4.69) is 41.2 Å². The maximum absolute atomic E-state index is 11.8. The zero-order valence-electron chi connectivity index (χ0n) is 10.2. The van der Waals surface area contributed by atoms with E-state index in [4.69, 9.17) is 0 Å². The highest BCUT2D eigenvalue weighted by Gasteiger charge is 2.25. The van der Waals surface area contributed by atoms with Crippen LogP contribution in [0, 0.1) is 5.92 Å². The van der Waals surface area contributed by atoms with Crippen molar-refractivity contribution < 1.29 is 4.79 Å². The van der Waals surface area contributed by atoms with Gasteiger partial charge in [0.15, 0.2) is 0 Å². The van der Waals surface area contributed by atoms with Crippen molar-refractivity contribution in [2.24, 2.45) is 5.92 Å². The lowest BCUT2D eigenvalue weighted by molar-refractivity contribution is -0.127. The Bertz CT molecular complexity index is 387. The summed E-state index contributed by atoms with van der Waals surface area (Å²) in [6.45, 7) is 3.64. The summed E-state index contributed by atoms with van der Waals surface area (Å²) >= 11 is 1.73. The van der Waals surface area contributed by atoms with Crippen LogP contribution in [0.2, 0.25) is 0 Å². The Morgan fingerprint density at radius 3 is 2.53 bits per heavy atom. The van der Waals surface area contributed by atoms with Crippen molar-refractivity contribution in [3.05, 3.63) is 29.8 Å². The minimum absolute atomic E-state index is 0.0824. The van der Waals surface area contributed by atoms with Crippen LogP contribution in [-0.4, -0.2) is 25.3 Å². The second-order valence-corrected chi connectivity index (χ2v) is 5.24. The third-order valence-corrected chi connectivity index (χ3v) is 3.87. The van der Waals surface area contributed by atoms with Crippen LogP contribution in [-0.2, 0) is 4.79 Å². The van der Waals surface area contributed by atoms with E-state index in [1.165, 1.54) is 4.90 Å². The molecule has 1 amide bonds. The average molecular weight is 250 g/mol. The monoisotopic (exact) mass is 250 g/mol. The molecule has 1 unspecified atom stereocenters. The number of hydrogen-bond donors (Lipinski definition) is 2. The van der Waals surface area contributed by atoms with Gasteiger partial charge in [-0.2, -0.15) is 0 Å². The van der Waals surface area contributed by atoms with Gasteiger partial charge in [0.1, 0.15) is 0 Å². The van der Waals surface area contributed by atoms with Crippen molar-refractivity contribution >= 4 is 17.7 Å². The fourth-order valence-electron chi connectivity index (χ4n) is 1.78. The van der Waals surface area contributed by atoms with E-state index in [0.717, 1.165) is 18.7 Å². The molecule has 0 spiro atoms. The highest BCUT2D eigenvalue weighted by Crippen LogP contribution is 2.19. The number of carbonyl (C=O) groups excluding carboxylic acids is 1. The second kappa shape index (κ2) is 5.56. The second-order valence-electron chi connectivity index (χ2n) is 4.36. The smallest absolute Gasteiger partial charge is 0.226 e. The summed E-state index contributed by atoms with van der Waals surface area (Å²) in [6, 6.07) is 8.42. The van der Waals surface area contributed by atoms with Crippen LogP contribution in [0.1, 0.15) is 18.5 Å². The molecular formula is C13H18N2OS. The van der Waals surface area contributed by atoms with E-state index in [1.807, 2.05) is 6.92 Å². The first-order valence-corrected chi connectivity index (χ1v) is 7.08. The van der Waals surface area contributed by atoms with E-state index in [1.54, 1.807) is 11.8 Å². The zero-order valence-corrected chi connectivity index (χ0v) is 11.0. The van der Waals surface area contributed by atoms with Crippen molar-refractivity contribution in [2.75, 3.05) is 19.3 Å². The Balaban J connectivity index is 1.93. The van der Waals surface area contributed by atoms with E-state index in [9.17, 15) is 4.79 Å². The lowest BCUT2D eigenvalue weighted by atomic mass is 10.0. The summed E-state index contributed by atoms with van der Waals surface area (Å²) in [5, 5.41) is 6.16. The Morgan fingerprint density at radius 2 is 2.06 bits per heavy atom. The molecule has 1 aromatic carbocycles. The Kier molecular flexibility index (Phi) is 4.07. The maximum atomic E-state index is 11.8. The molecule has 0 radical (unpaired) electrons. The molecule has 2 N–H and O–H groups in total. The predicted molar refractivity (Wildman–Crippen MR) is 71.1 cm³/mol. The molecule has 1 aliphatic heterocycles. The molecule has 17 heavy (non-hydrogen) atoms. The number of nitrogens with one attached hydrogen (secondary N) is 2. The molecule has 1 heterocycles. The number of benzene rings is 1. The molecular weight excluding hydrogens is 232 g/mol. The van der Waals surface area contributed by atoms with Gasteiger partial charge < -0.3 is 10.6 Å². The molecule has 0 aromatic heterocycles. The normalized spacial score (nSPS) is 17.3.